The van der Waals surface area contributed by atoms with Gasteiger partial charge < -0.3 is 20.7 Å². The minimum absolute atomic E-state index is 0.0163. The summed E-state index contributed by atoms with van der Waals surface area (Å²) >= 11 is 0.842. The number of anilines is 1. The number of rotatable bonds is 4. The van der Waals surface area contributed by atoms with Gasteiger partial charge in [-0.1, -0.05) is 0 Å². The van der Waals surface area contributed by atoms with Crippen LogP contribution in [0.5, 0.6) is 5.75 Å². The van der Waals surface area contributed by atoms with Crippen LogP contribution in [0, 0.1) is 0 Å². The summed E-state index contributed by atoms with van der Waals surface area (Å²) in [4.78, 5) is 22.2. The summed E-state index contributed by atoms with van der Waals surface area (Å²) in [6.45, 7) is 2.15. The third-order valence-corrected chi connectivity index (χ3v) is 3.79. The molecule has 2 aromatic rings. The van der Waals surface area contributed by atoms with Crippen molar-refractivity contribution in [3.8, 4) is 5.75 Å². The molecule has 100 valence electrons. The summed E-state index contributed by atoms with van der Waals surface area (Å²) in [5.41, 5.74) is 5.85. The molecule has 1 heterocycles. The first-order valence-electron chi connectivity index (χ1n) is 5.41. The Morgan fingerprint density at radius 3 is 2.53 bits per heavy atom. The van der Waals surface area contributed by atoms with Crippen LogP contribution in [-0.4, -0.2) is 28.8 Å². The van der Waals surface area contributed by atoms with Crippen LogP contribution in [0.4, 0.5) is 5.69 Å². The van der Waals surface area contributed by atoms with Gasteiger partial charge in [0.05, 0.1) is 27.9 Å². The molecule has 7 heteroatoms. The average molecular weight is 281 g/mol. The molecule has 0 spiro atoms. The molecule has 0 amide bonds. The van der Waals surface area contributed by atoms with Gasteiger partial charge >= 0.3 is 11.9 Å². The van der Waals surface area contributed by atoms with E-state index in [1.165, 1.54) is 12.1 Å². The molecule has 19 heavy (non-hydrogen) atoms. The van der Waals surface area contributed by atoms with E-state index in [1.807, 2.05) is 0 Å². The van der Waals surface area contributed by atoms with Crippen LogP contribution in [0.1, 0.15) is 27.0 Å². The monoisotopic (exact) mass is 281 g/mol. The van der Waals surface area contributed by atoms with Crippen molar-refractivity contribution in [1.29, 1.82) is 0 Å². The molecule has 0 aliphatic carbocycles. The zero-order valence-electron chi connectivity index (χ0n) is 9.97. The van der Waals surface area contributed by atoms with Crippen molar-refractivity contribution in [1.82, 2.24) is 0 Å². The number of ether oxygens (including phenoxy) is 1. The van der Waals surface area contributed by atoms with Gasteiger partial charge in [0.15, 0.2) is 0 Å². The molecule has 0 bridgehead atoms. The van der Waals surface area contributed by atoms with E-state index in [-0.39, 0.29) is 16.1 Å². The van der Waals surface area contributed by atoms with Crippen molar-refractivity contribution in [2.45, 2.75) is 6.92 Å². The van der Waals surface area contributed by atoms with Gasteiger partial charge in [0.1, 0.15) is 10.6 Å². The Balaban J connectivity index is 2.85. The summed E-state index contributed by atoms with van der Waals surface area (Å²) in [6, 6.07) is 2.88. The molecule has 0 radical (unpaired) electrons. The molecule has 0 aliphatic rings. The minimum atomic E-state index is -1.18. The number of nitrogens with two attached hydrogens (primary N) is 1. The van der Waals surface area contributed by atoms with Crippen molar-refractivity contribution in [3.63, 3.8) is 0 Å². The Labute approximate surface area is 112 Å². The molecular formula is C12H11NO5S. The van der Waals surface area contributed by atoms with Gasteiger partial charge in [-0.3, -0.25) is 0 Å². The smallest absolute Gasteiger partial charge is 0.348 e. The van der Waals surface area contributed by atoms with Gasteiger partial charge in [0, 0.05) is 0 Å². The fraction of sp³-hybridized carbons (Fsp3) is 0.167. The molecule has 4 N–H and O–H groups in total. The van der Waals surface area contributed by atoms with Crippen molar-refractivity contribution in [3.05, 3.63) is 22.6 Å². The number of benzene rings is 1. The van der Waals surface area contributed by atoms with Crippen molar-refractivity contribution in [2.24, 2.45) is 0 Å². The van der Waals surface area contributed by atoms with Crippen molar-refractivity contribution >= 4 is 39.0 Å². The van der Waals surface area contributed by atoms with E-state index in [0.717, 1.165) is 11.3 Å². The summed E-state index contributed by atoms with van der Waals surface area (Å²) in [6.07, 6.45) is 0. The van der Waals surface area contributed by atoms with Gasteiger partial charge in [-0.2, -0.15) is 0 Å². The van der Waals surface area contributed by atoms with Crippen LogP contribution >= 0.6 is 11.3 Å². The first kappa shape index (κ1) is 13.2. The van der Waals surface area contributed by atoms with Crippen LogP contribution in [0.2, 0.25) is 0 Å². The molecule has 0 atom stereocenters. The van der Waals surface area contributed by atoms with E-state index < -0.39 is 11.9 Å². The zero-order chi connectivity index (χ0) is 14.2. The Kier molecular flexibility index (Phi) is 3.30. The molecule has 0 aliphatic heterocycles. The highest BCUT2D eigenvalue weighted by atomic mass is 32.1. The van der Waals surface area contributed by atoms with Gasteiger partial charge in [0.2, 0.25) is 0 Å². The topological polar surface area (TPSA) is 110 Å². The van der Waals surface area contributed by atoms with Gasteiger partial charge in [-0.15, -0.1) is 11.3 Å². The Morgan fingerprint density at radius 2 is 2.00 bits per heavy atom. The van der Waals surface area contributed by atoms with Gasteiger partial charge in [-0.25, -0.2) is 9.59 Å². The number of carbonyl (C=O) groups is 2. The molecule has 1 aromatic heterocycles. The fourth-order valence-electron chi connectivity index (χ4n) is 1.80. The average Bonchev–Trinajstić information content (AvgIpc) is 2.68. The summed E-state index contributed by atoms with van der Waals surface area (Å²) in [7, 11) is 0. The zero-order valence-corrected chi connectivity index (χ0v) is 10.8. The number of nitrogen functional groups attached to an aromatic ring is 1. The third kappa shape index (κ3) is 2.08. The van der Waals surface area contributed by atoms with Crippen LogP contribution in [0.15, 0.2) is 12.1 Å². The van der Waals surface area contributed by atoms with Crippen molar-refractivity contribution in [2.75, 3.05) is 12.3 Å². The first-order valence-corrected chi connectivity index (χ1v) is 6.23. The molecule has 6 nitrogen and oxygen atoms in total. The predicted molar refractivity (Wildman–Crippen MR) is 71.3 cm³/mol. The Morgan fingerprint density at radius 1 is 1.32 bits per heavy atom. The molecule has 1 aromatic carbocycles. The molecule has 0 fully saturated rings. The third-order valence-electron chi connectivity index (χ3n) is 2.56. The maximum atomic E-state index is 11.2. The predicted octanol–water partition coefficient (Wildman–Crippen LogP) is 2.28. The largest absolute Gasteiger partial charge is 0.493 e. The normalized spacial score (nSPS) is 10.6. The molecule has 0 saturated heterocycles. The lowest BCUT2D eigenvalue weighted by Gasteiger charge is -2.07. The Bertz CT molecular complexity index is 676. The molecule has 0 unspecified atom stereocenters. The minimum Gasteiger partial charge on any atom is -0.493 e. The SMILES string of the molecule is CCOc1ccc(C(=O)O)c2sc(C(=O)O)c(N)c12. The highest BCUT2D eigenvalue weighted by Gasteiger charge is 2.22. The second-order valence-electron chi connectivity index (χ2n) is 3.70. The number of carboxylic acids is 2. The number of aromatic carboxylic acids is 2. The second kappa shape index (κ2) is 4.77. The number of carboxylic acid groups (broad SMARTS) is 2. The maximum Gasteiger partial charge on any atom is 0.348 e. The van der Waals surface area contributed by atoms with Crippen LogP contribution in [0.25, 0.3) is 10.1 Å². The van der Waals surface area contributed by atoms with E-state index >= 15 is 0 Å². The lowest BCUT2D eigenvalue weighted by Crippen LogP contribution is -2.00. The van der Waals surface area contributed by atoms with E-state index in [9.17, 15) is 9.59 Å². The van der Waals surface area contributed by atoms with Crippen molar-refractivity contribution < 1.29 is 24.5 Å². The quantitative estimate of drug-likeness (QED) is 0.793. The van der Waals surface area contributed by atoms with Crippen LogP contribution in [0.3, 0.4) is 0 Å². The number of fused-ring (bicyclic) bond motifs is 1. The first-order chi connectivity index (χ1) is 8.97. The lowest BCUT2D eigenvalue weighted by atomic mass is 10.1. The van der Waals surface area contributed by atoms with Crippen LogP contribution in [-0.2, 0) is 0 Å². The number of hydrogen-bond donors (Lipinski definition) is 3. The van der Waals surface area contributed by atoms with Crippen LogP contribution < -0.4 is 10.5 Å². The number of thiophene rings is 1. The van der Waals surface area contributed by atoms with E-state index in [2.05, 4.69) is 0 Å². The number of hydrogen-bond acceptors (Lipinski definition) is 5. The summed E-state index contributed by atoms with van der Waals surface area (Å²) in [5.74, 6) is -1.92. The standard InChI is InChI=1S/C12H11NO5S/c1-2-18-6-4-3-5(11(14)15)9-7(6)8(13)10(19-9)12(16)17/h3-4H,2,13H2,1H3,(H,14,15)(H,16,17). The van der Waals surface area contributed by atoms with E-state index in [0.29, 0.717) is 22.4 Å². The molecule has 0 saturated carbocycles. The summed E-state index contributed by atoms with van der Waals surface area (Å²) in [5, 5.41) is 18.5. The lowest BCUT2D eigenvalue weighted by molar-refractivity contribution is 0.0689. The highest BCUT2D eigenvalue weighted by molar-refractivity contribution is 7.22. The fourth-order valence-corrected chi connectivity index (χ4v) is 2.88. The second-order valence-corrected chi connectivity index (χ2v) is 4.72. The van der Waals surface area contributed by atoms with Gasteiger partial charge in [0.25, 0.3) is 0 Å². The Hall–Kier alpha value is -2.28. The van der Waals surface area contributed by atoms with E-state index in [1.54, 1.807) is 6.92 Å². The molecular weight excluding hydrogens is 270 g/mol. The van der Waals surface area contributed by atoms with Gasteiger partial charge in [-0.05, 0) is 19.1 Å². The highest BCUT2D eigenvalue weighted by Crippen LogP contribution is 2.41. The van der Waals surface area contributed by atoms with E-state index in [4.69, 9.17) is 20.7 Å². The maximum absolute atomic E-state index is 11.2. The summed E-state index contributed by atoms with van der Waals surface area (Å²) < 4.78 is 5.68. The molecule has 2 rings (SSSR count).